The molecule has 146 valence electrons. The molecule has 1 aromatic carbocycles. The summed E-state index contributed by atoms with van der Waals surface area (Å²) in [5, 5.41) is 0.941. The maximum Gasteiger partial charge on any atom is 0.223 e. The lowest BCUT2D eigenvalue weighted by molar-refractivity contribution is -0.133. The number of hydrogen-bond acceptors (Lipinski definition) is 6. The second kappa shape index (κ2) is 8.25. The maximum atomic E-state index is 12.4. The summed E-state index contributed by atoms with van der Waals surface area (Å²) >= 11 is 1.44. The first-order valence-electron chi connectivity index (χ1n) is 9.32. The monoisotopic (exact) mass is 388 g/mol. The fourth-order valence-corrected chi connectivity index (χ4v) is 3.86. The number of amides is 1. The van der Waals surface area contributed by atoms with Crippen LogP contribution in [0.5, 0.6) is 5.75 Å². The average molecular weight is 389 g/mol. The van der Waals surface area contributed by atoms with Crippen molar-refractivity contribution < 1.29 is 9.53 Å². The molecule has 2 heterocycles. The predicted octanol–water partition coefficient (Wildman–Crippen LogP) is 3.22. The highest BCUT2D eigenvalue weighted by molar-refractivity contribution is 7.09. The van der Waals surface area contributed by atoms with Gasteiger partial charge < -0.3 is 14.5 Å². The van der Waals surface area contributed by atoms with Crippen LogP contribution in [0.15, 0.2) is 24.3 Å². The molecule has 0 unspecified atom stereocenters. The fourth-order valence-electron chi connectivity index (χ4n) is 3.12. The van der Waals surface area contributed by atoms with Gasteiger partial charge in [-0.3, -0.25) is 4.79 Å². The Morgan fingerprint density at radius 2 is 1.96 bits per heavy atom. The molecule has 1 aromatic heterocycles. The number of carbonyl (C=O) groups is 1. The number of methoxy groups -OCH3 is 1. The summed E-state index contributed by atoms with van der Waals surface area (Å²) in [6.45, 7) is 9.43. The van der Waals surface area contributed by atoms with Crippen molar-refractivity contribution in [3.05, 3.63) is 35.7 Å². The standard InChI is InChI=1S/C20H28N4O2S/c1-20(2,3)14-18(25)23-8-10-24(11-9-23)19-21-17(22-27-19)13-15-6-5-7-16(12-15)26-4/h5-7,12H,8-11,13-14H2,1-4H3. The number of ether oxygens (including phenoxy) is 1. The Hall–Kier alpha value is -2.15. The first-order chi connectivity index (χ1) is 12.8. The van der Waals surface area contributed by atoms with Gasteiger partial charge in [-0.15, -0.1) is 0 Å². The van der Waals surface area contributed by atoms with Crippen molar-refractivity contribution in [2.75, 3.05) is 38.2 Å². The van der Waals surface area contributed by atoms with Crippen molar-refractivity contribution in [3.63, 3.8) is 0 Å². The summed E-state index contributed by atoms with van der Waals surface area (Å²) in [6.07, 6.45) is 1.29. The second-order valence-electron chi connectivity index (χ2n) is 8.13. The van der Waals surface area contributed by atoms with E-state index in [-0.39, 0.29) is 11.3 Å². The Morgan fingerprint density at radius 1 is 1.22 bits per heavy atom. The van der Waals surface area contributed by atoms with Crippen LogP contribution in [0.2, 0.25) is 0 Å². The molecule has 1 aliphatic rings. The summed E-state index contributed by atoms with van der Waals surface area (Å²) in [7, 11) is 1.67. The Labute approximate surface area is 165 Å². The number of anilines is 1. The number of hydrogen-bond donors (Lipinski definition) is 0. The van der Waals surface area contributed by atoms with Gasteiger partial charge in [0, 0.05) is 50.6 Å². The molecule has 7 heteroatoms. The molecule has 0 spiro atoms. The molecule has 0 radical (unpaired) electrons. The van der Waals surface area contributed by atoms with Crippen LogP contribution in [0.1, 0.15) is 38.6 Å². The number of aromatic nitrogens is 2. The maximum absolute atomic E-state index is 12.4. The largest absolute Gasteiger partial charge is 0.497 e. The molecule has 3 rings (SSSR count). The van der Waals surface area contributed by atoms with Gasteiger partial charge in [0.25, 0.3) is 0 Å². The fraction of sp³-hybridized carbons (Fsp3) is 0.550. The van der Waals surface area contributed by atoms with E-state index in [1.54, 1.807) is 7.11 Å². The highest BCUT2D eigenvalue weighted by Gasteiger charge is 2.26. The van der Waals surface area contributed by atoms with Gasteiger partial charge in [-0.25, -0.2) is 4.98 Å². The average Bonchev–Trinajstić information content (AvgIpc) is 3.09. The smallest absolute Gasteiger partial charge is 0.223 e. The van der Waals surface area contributed by atoms with Gasteiger partial charge in [0.1, 0.15) is 11.6 Å². The summed E-state index contributed by atoms with van der Waals surface area (Å²) < 4.78 is 9.79. The zero-order valence-electron chi connectivity index (χ0n) is 16.6. The van der Waals surface area contributed by atoms with Crippen LogP contribution in [0.3, 0.4) is 0 Å². The molecular formula is C20H28N4O2S. The molecule has 1 saturated heterocycles. The molecule has 27 heavy (non-hydrogen) atoms. The third kappa shape index (κ3) is 5.42. The van der Waals surface area contributed by atoms with Crippen LogP contribution >= 0.6 is 11.5 Å². The lowest BCUT2D eigenvalue weighted by Crippen LogP contribution is -2.49. The number of carbonyl (C=O) groups excluding carboxylic acids is 1. The normalized spacial score (nSPS) is 15.1. The highest BCUT2D eigenvalue weighted by Crippen LogP contribution is 2.23. The quantitative estimate of drug-likeness (QED) is 0.787. The van der Waals surface area contributed by atoms with E-state index >= 15 is 0 Å². The van der Waals surface area contributed by atoms with Gasteiger partial charge in [0.05, 0.1) is 7.11 Å². The van der Waals surface area contributed by atoms with E-state index < -0.39 is 0 Å². The van der Waals surface area contributed by atoms with Crippen molar-refractivity contribution in [2.45, 2.75) is 33.6 Å². The molecular weight excluding hydrogens is 360 g/mol. The topological polar surface area (TPSA) is 58.6 Å². The van der Waals surface area contributed by atoms with Crippen LogP contribution in [0.25, 0.3) is 0 Å². The van der Waals surface area contributed by atoms with Crippen LogP contribution in [-0.2, 0) is 11.2 Å². The van der Waals surface area contributed by atoms with Gasteiger partial charge in [0.2, 0.25) is 11.0 Å². The molecule has 2 aromatic rings. The van der Waals surface area contributed by atoms with Crippen molar-refractivity contribution >= 4 is 22.6 Å². The van der Waals surface area contributed by atoms with Gasteiger partial charge in [-0.05, 0) is 23.1 Å². The van der Waals surface area contributed by atoms with E-state index in [0.29, 0.717) is 12.8 Å². The second-order valence-corrected chi connectivity index (χ2v) is 8.86. The number of rotatable bonds is 5. The molecule has 1 amide bonds. The number of benzene rings is 1. The van der Waals surface area contributed by atoms with Gasteiger partial charge in [-0.2, -0.15) is 4.37 Å². The molecule has 1 aliphatic heterocycles. The third-order valence-corrected chi connectivity index (χ3v) is 5.35. The molecule has 6 nitrogen and oxygen atoms in total. The van der Waals surface area contributed by atoms with Gasteiger partial charge >= 0.3 is 0 Å². The van der Waals surface area contributed by atoms with E-state index in [1.165, 1.54) is 11.5 Å². The Morgan fingerprint density at radius 3 is 2.63 bits per heavy atom. The first-order valence-corrected chi connectivity index (χ1v) is 10.1. The van der Waals surface area contributed by atoms with Crippen molar-refractivity contribution in [1.29, 1.82) is 0 Å². The minimum Gasteiger partial charge on any atom is -0.497 e. The number of nitrogens with zero attached hydrogens (tertiary/aromatic N) is 4. The lowest BCUT2D eigenvalue weighted by Gasteiger charge is -2.35. The molecule has 0 saturated carbocycles. The summed E-state index contributed by atoms with van der Waals surface area (Å²) in [5.41, 5.74) is 1.17. The SMILES string of the molecule is COc1cccc(Cc2nsc(N3CCN(C(=O)CC(C)(C)C)CC3)n2)c1. The van der Waals surface area contributed by atoms with E-state index in [0.717, 1.165) is 48.4 Å². The minimum absolute atomic E-state index is 0.0302. The summed E-state index contributed by atoms with van der Waals surface area (Å²) in [4.78, 5) is 21.3. The molecule has 0 aliphatic carbocycles. The van der Waals surface area contributed by atoms with E-state index in [1.807, 2.05) is 23.1 Å². The Balaban J connectivity index is 1.56. The predicted molar refractivity (Wildman–Crippen MR) is 109 cm³/mol. The molecule has 0 atom stereocenters. The number of piperazine rings is 1. The van der Waals surface area contributed by atoms with Crippen LogP contribution in [0, 0.1) is 5.41 Å². The van der Waals surface area contributed by atoms with E-state index in [2.05, 4.69) is 36.1 Å². The molecule has 0 N–H and O–H groups in total. The third-order valence-electron chi connectivity index (χ3n) is 4.54. The van der Waals surface area contributed by atoms with Gasteiger partial charge in [-0.1, -0.05) is 32.9 Å². The lowest BCUT2D eigenvalue weighted by atomic mass is 9.91. The Kier molecular flexibility index (Phi) is 5.99. The molecule has 0 bridgehead atoms. The summed E-state index contributed by atoms with van der Waals surface area (Å²) in [6, 6.07) is 7.99. The van der Waals surface area contributed by atoms with Crippen molar-refractivity contribution in [1.82, 2.24) is 14.3 Å². The highest BCUT2D eigenvalue weighted by atomic mass is 32.1. The van der Waals surface area contributed by atoms with Crippen LogP contribution in [-0.4, -0.2) is 53.5 Å². The van der Waals surface area contributed by atoms with Crippen molar-refractivity contribution in [2.24, 2.45) is 5.41 Å². The van der Waals surface area contributed by atoms with E-state index in [4.69, 9.17) is 9.72 Å². The molecule has 1 fully saturated rings. The zero-order valence-corrected chi connectivity index (χ0v) is 17.4. The van der Waals surface area contributed by atoms with E-state index in [9.17, 15) is 4.79 Å². The first kappa shape index (κ1) is 19.6. The zero-order chi connectivity index (χ0) is 19.4. The van der Waals surface area contributed by atoms with Crippen LogP contribution < -0.4 is 9.64 Å². The van der Waals surface area contributed by atoms with Crippen LogP contribution in [0.4, 0.5) is 5.13 Å². The van der Waals surface area contributed by atoms with Gasteiger partial charge in [0.15, 0.2) is 0 Å². The summed E-state index contributed by atoms with van der Waals surface area (Å²) in [5.74, 6) is 1.92. The Bertz CT molecular complexity index is 776. The van der Waals surface area contributed by atoms with Crippen molar-refractivity contribution in [3.8, 4) is 5.75 Å². The minimum atomic E-state index is 0.0302.